The van der Waals surface area contributed by atoms with Gasteiger partial charge >= 0.3 is 0 Å². The highest BCUT2D eigenvalue weighted by atomic mass is 79.9. The van der Waals surface area contributed by atoms with Crippen molar-refractivity contribution < 1.29 is 9.84 Å². The van der Waals surface area contributed by atoms with Crippen LogP contribution in [0.2, 0.25) is 0 Å². The average Bonchev–Trinajstić information content (AvgIpc) is 2.29. The van der Waals surface area contributed by atoms with E-state index in [9.17, 15) is 5.11 Å². The second-order valence-electron chi connectivity index (χ2n) is 3.87. The summed E-state index contributed by atoms with van der Waals surface area (Å²) in [5.74, 6) is 1.29. The van der Waals surface area contributed by atoms with Crippen LogP contribution in [0.25, 0.3) is 0 Å². The highest BCUT2D eigenvalue weighted by molar-refractivity contribution is 9.09. The van der Waals surface area contributed by atoms with Gasteiger partial charge in [0.25, 0.3) is 0 Å². The van der Waals surface area contributed by atoms with Gasteiger partial charge in [0.1, 0.15) is 11.5 Å². The van der Waals surface area contributed by atoms with Crippen LogP contribution >= 0.6 is 15.9 Å². The molecule has 0 aromatic carbocycles. The van der Waals surface area contributed by atoms with E-state index in [-0.39, 0.29) is 0 Å². The maximum atomic E-state index is 9.77. The fourth-order valence-electron chi connectivity index (χ4n) is 1.68. The van der Waals surface area contributed by atoms with Crippen LogP contribution in [0.5, 0.6) is 0 Å². The maximum Gasteiger partial charge on any atom is 0.121 e. The SMILES string of the molecule is CCCC1=C(O)[CH]CC=C1OCCCCBr. The van der Waals surface area contributed by atoms with Crippen LogP contribution in [0.4, 0.5) is 0 Å². The summed E-state index contributed by atoms with van der Waals surface area (Å²) in [7, 11) is 0. The van der Waals surface area contributed by atoms with Crippen LogP contribution < -0.4 is 0 Å². The molecular formula is C13H20BrO2. The molecule has 0 fully saturated rings. The Hall–Kier alpha value is -0.440. The van der Waals surface area contributed by atoms with Crippen molar-refractivity contribution in [2.75, 3.05) is 11.9 Å². The number of rotatable bonds is 7. The number of ether oxygens (including phenoxy) is 1. The Bertz CT molecular complexity index is 269. The van der Waals surface area contributed by atoms with Gasteiger partial charge in [0.05, 0.1) is 6.61 Å². The zero-order valence-corrected chi connectivity index (χ0v) is 11.4. The van der Waals surface area contributed by atoms with Crippen LogP contribution in [0, 0.1) is 6.42 Å². The standard InChI is InChI=1S/C13H20BrO2/c1-2-6-11-12(15)7-5-8-13(11)16-10-4-3-9-14/h7-8,15H,2-6,9-10H2,1H3. The summed E-state index contributed by atoms with van der Waals surface area (Å²) in [6.45, 7) is 2.84. The van der Waals surface area contributed by atoms with Gasteiger partial charge in [0.2, 0.25) is 0 Å². The van der Waals surface area contributed by atoms with Crippen molar-refractivity contribution in [2.24, 2.45) is 0 Å². The van der Waals surface area contributed by atoms with Crippen molar-refractivity contribution in [3.8, 4) is 0 Å². The number of hydrogen-bond donors (Lipinski definition) is 1. The number of aliphatic hydroxyl groups is 1. The minimum absolute atomic E-state index is 0.403. The van der Waals surface area contributed by atoms with Crippen LogP contribution in [0.15, 0.2) is 23.2 Å². The molecule has 0 spiro atoms. The van der Waals surface area contributed by atoms with Gasteiger partial charge in [0.15, 0.2) is 0 Å². The molecule has 0 saturated heterocycles. The number of unbranched alkanes of at least 4 members (excludes halogenated alkanes) is 1. The molecular weight excluding hydrogens is 268 g/mol. The third kappa shape index (κ3) is 4.20. The summed E-state index contributed by atoms with van der Waals surface area (Å²) in [5, 5.41) is 10.8. The van der Waals surface area contributed by atoms with Gasteiger partial charge in [-0.25, -0.2) is 0 Å². The summed E-state index contributed by atoms with van der Waals surface area (Å²) < 4.78 is 5.72. The molecule has 1 radical (unpaired) electrons. The minimum atomic E-state index is 0.403. The zero-order chi connectivity index (χ0) is 11.8. The first kappa shape index (κ1) is 13.6. The van der Waals surface area contributed by atoms with Gasteiger partial charge in [-0.05, 0) is 31.8 Å². The normalized spacial score (nSPS) is 16.2. The molecule has 3 heteroatoms. The van der Waals surface area contributed by atoms with Gasteiger partial charge in [-0.3, -0.25) is 0 Å². The molecule has 1 aliphatic rings. The monoisotopic (exact) mass is 287 g/mol. The zero-order valence-electron chi connectivity index (χ0n) is 9.84. The molecule has 0 amide bonds. The molecule has 0 atom stereocenters. The Morgan fingerprint density at radius 1 is 1.44 bits per heavy atom. The molecule has 0 saturated carbocycles. The van der Waals surface area contributed by atoms with Crippen LogP contribution in [0.1, 0.15) is 39.0 Å². The predicted molar refractivity (Wildman–Crippen MR) is 70.5 cm³/mol. The quantitative estimate of drug-likeness (QED) is 0.559. The van der Waals surface area contributed by atoms with Gasteiger partial charge < -0.3 is 9.84 Å². The molecule has 16 heavy (non-hydrogen) atoms. The van der Waals surface area contributed by atoms with Crippen LogP contribution in [-0.4, -0.2) is 17.0 Å². The van der Waals surface area contributed by atoms with E-state index in [0.717, 1.165) is 55.4 Å². The van der Waals surface area contributed by atoms with E-state index in [4.69, 9.17) is 4.74 Å². The fraction of sp³-hybridized carbons (Fsp3) is 0.615. The van der Waals surface area contributed by atoms with Crippen molar-refractivity contribution in [2.45, 2.75) is 39.0 Å². The predicted octanol–water partition coefficient (Wildman–Crippen LogP) is 4.28. The Labute approximate surface area is 107 Å². The summed E-state index contributed by atoms with van der Waals surface area (Å²) >= 11 is 3.40. The Morgan fingerprint density at radius 3 is 2.94 bits per heavy atom. The molecule has 0 heterocycles. The first-order chi connectivity index (χ1) is 7.79. The first-order valence-corrected chi connectivity index (χ1v) is 7.06. The number of hydrogen-bond acceptors (Lipinski definition) is 2. The summed E-state index contributed by atoms with van der Waals surface area (Å²) in [6.07, 6.45) is 8.74. The van der Waals surface area contributed by atoms with E-state index in [2.05, 4.69) is 28.9 Å². The molecule has 91 valence electrons. The maximum absolute atomic E-state index is 9.77. The minimum Gasteiger partial charge on any atom is -0.512 e. The van der Waals surface area contributed by atoms with E-state index in [1.807, 2.05) is 6.42 Å². The van der Waals surface area contributed by atoms with E-state index < -0.39 is 0 Å². The number of halogens is 1. The molecule has 0 unspecified atom stereocenters. The Kier molecular flexibility index (Phi) is 6.62. The summed E-state index contributed by atoms with van der Waals surface area (Å²) in [6, 6.07) is 0. The lowest BCUT2D eigenvalue weighted by Gasteiger charge is -2.18. The van der Waals surface area contributed by atoms with Crippen LogP contribution in [-0.2, 0) is 4.74 Å². The summed E-state index contributed by atoms with van der Waals surface area (Å²) in [4.78, 5) is 0. The van der Waals surface area contributed by atoms with Crippen molar-refractivity contribution >= 4 is 15.9 Å². The molecule has 1 aliphatic carbocycles. The van der Waals surface area contributed by atoms with Gasteiger partial charge in [-0.2, -0.15) is 0 Å². The van der Waals surface area contributed by atoms with E-state index in [0.29, 0.717) is 5.76 Å². The molecule has 0 aromatic rings. The topological polar surface area (TPSA) is 29.5 Å². The lowest BCUT2D eigenvalue weighted by Crippen LogP contribution is -2.06. The highest BCUT2D eigenvalue weighted by Gasteiger charge is 2.16. The number of aliphatic hydroxyl groups excluding tert-OH is 1. The van der Waals surface area contributed by atoms with E-state index >= 15 is 0 Å². The molecule has 0 bridgehead atoms. The molecule has 0 aromatic heterocycles. The second-order valence-corrected chi connectivity index (χ2v) is 4.66. The Morgan fingerprint density at radius 2 is 2.25 bits per heavy atom. The van der Waals surface area contributed by atoms with Gasteiger partial charge in [-0.15, -0.1) is 0 Å². The lowest BCUT2D eigenvalue weighted by atomic mass is 9.99. The third-order valence-electron chi connectivity index (χ3n) is 2.51. The van der Waals surface area contributed by atoms with Gasteiger partial charge in [-0.1, -0.05) is 29.3 Å². The largest absolute Gasteiger partial charge is 0.512 e. The van der Waals surface area contributed by atoms with Crippen molar-refractivity contribution in [1.82, 2.24) is 0 Å². The van der Waals surface area contributed by atoms with E-state index in [1.54, 1.807) is 0 Å². The fourth-order valence-corrected chi connectivity index (χ4v) is 2.07. The smallest absolute Gasteiger partial charge is 0.121 e. The summed E-state index contributed by atoms with van der Waals surface area (Å²) in [5.41, 5.74) is 0.965. The third-order valence-corrected chi connectivity index (χ3v) is 3.07. The Balaban J connectivity index is 2.46. The number of allylic oxidation sites excluding steroid dienone is 3. The molecule has 1 N–H and O–H groups in total. The molecule has 1 rings (SSSR count). The van der Waals surface area contributed by atoms with Gasteiger partial charge in [0, 0.05) is 17.3 Å². The van der Waals surface area contributed by atoms with E-state index in [1.165, 1.54) is 0 Å². The second kappa shape index (κ2) is 7.77. The first-order valence-electron chi connectivity index (χ1n) is 5.94. The molecule has 0 aliphatic heterocycles. The lowest BCUT2D eigenvalue weighted by molar-refractivity contribution is 0.208. The highest BCUT2D eigenvalue weighted by Crippen LogP contribution is 2.27. The van der Waals surface area contributed by atoms with Crippen molar-refractivity contribution in [3.05, 3.63) is 29.6 Å². The number of alkyl halides is 1. The van der Waals surface area contributed by atoms with Crippen molar-refractivity contribution in [3.63, 3.8) is 0 Å². The average molecular weight is 288 g/mol. The van der Waals surface area contributed by atoms with Crippen LogP contribution in [0.3, 0.4) is 0 Å². The molecule has 2 nitrogen and oxygen atoms in total. The van der Waals surface area contributed by atoms with Crippen molar-refractivity contribution in [1.29, 1.82) is 0 Å².